The number of aliphatic carboxylic acids is 1. The fraction of sp³-hybridized carbons (Fsp3) is 0.462. The zero-order valence-electron chi connectivity index (χ0n) is 11.4. The summed E-state index contributed by atoms with van der Waals surface area (Å²) in [6.45, 7) is 3.48. The Morgan fingerprint density at radius 3 is 2.50 bits per heavy atom. The van der Waals surface area contributed by atoms with Crippen LogP contribution in [0.4, 0.5) is 0 Å². The molecule has 1 aromatic rings. The van der Waals surface area contributed by atoms with Crippen LogP contribution in [0.2, 0.25) is 0 Å². The second kappa shape index (κ2) is 5.51. The number of fused-ring (bicyclic) bond motifs is 1. The molecule has 1 heterocycles. The van der Waals surface area contributed by atoms with Crippen LogP contribution in [0, 0.1) is 0 Å². The van der Waals surface area contributed by atoms with Crippen LogP contribution < -0.4 is 4.72 Å². The molecule has 0 saturated heterocycles. The van der Waals surface area contributed by atoms with Crippen LogP contribution in [0.1, 0.15) is 25.0 Å². The van der Waals surface area contributed by atoms with E-state index >= 15 is 0 Å². The summed E-state index contributed by atoms with van der Waals surface area (Å²) in [6, 6.07) is 5.96. The van der Waals surface area contributed by atoms with E-state index in [1.54, 1.807) is 13.8 Å². The van der Waals surface area contributed by atoms with Gasteiger partial charge in [-0.1, -0.05) is 24.3 Å². The maximum absolute atomic E-state index is 12.3. The third-order valence-electron chi connectivity index (χ3n) is 3.18. The summed E-state index contributed by atoms with van der Waals surface area (Å²) in [4.78, 5) is 11.4. The van der Waals surface area contributed by atoms with Gasteiger partial charge in [0, 0.05) is 19.0 Å². The van der Waals surface area contributed by atoms with E-state index in [9.17, 15) is 18.3 Å². The van der Waals surface area contributed by atoms with E-state index in [-0.39, 0.29) is 19.0 Å². The van der Waals surface area contributed by atoms with E-state index in [0.29, 0.717) is 0 Å². The molecular formula is C13H18N2O4S. The SMILES string of the molecule is CC(C)NS(=O)(=O)N1Cc2ccccc2C[C@@H]1C(=O)O. The third-order valence-corrected chi connectivity index (χ3v) is 4.95. The van der Waals surface area contributed by atoms with Crippen molar-refractivity contribution < 1.29 is 18.3 Å². The highest BCUT2D eigenvalue weighted by Gasteiger charge is 2.38. The number of nitrogens with zero attached hydrogens (tertiary/aromatic N) is 1. The highest BCUT2D eigenvalue weighted by Crippen LogP contribution is 2.25. The third kappa shape index (κ3) is 3.00. The lowest BCUT2D eigenvalue weighted by Crippen LogP contribution is -2.53. The van der Waals surface area contributed by atoms with Gasteiger partial charge < -0.3 is 5.11 Å². The van der Waals surface area contributed by atoms with Crippen molar-refractivity contribution in [2.45, 2.75) is 38.9 Å². The summed E-state index contributed by atoms with van der Waals surface area (Å²) in [5, 5.41) is 9.30. The number of rotatable bonds is 4. The molecule has 0 spiro atoms. The zero-order chi connectivity index (χ0) is 14.9. The fourth-order valence-corrected chi connectivity index (χ4v) is 3.87. The molecule has 2 N–H and O–H groups in total. The molecule has 0 unspecified atom stereocenters. The van der Waals surface area contributed by atoms with Gasteiger partial charge in [-0.2, -0.15) is 17.4 Å². The van der Waals surface area contributed by atoms with Crippen molar-refractivity contribution >= 4 is 16.2 Å². The van der Waals surface area contributed by atoms with Gasteiger partial charge in [-0.25, -0.2) is 0 Å². The van der Waals surface area contributed by atoms with E-state index in [2.05, 4.69) is 4.72 Å². The Bertz CT molecular complexity index is 613. The van der Waals surface area contributed by atoms with Gasteiger partial charge in [0.05, 0.1) is 0 Å². The standard InChI is InChI=1S/C13H18N2O4S/c1-9(2)14-20(18,19)15-8-11-6-4-3-5-10(11)7-12(15)13(16)17/h3-6,9,12,14H,7-8H2,1-2H3,(H,16,17)/t12-/m1/s1. The second-order valence-corrected chi connectivity index (χ2v) is 6.80. The largest absolute Gasteiger partial charge is 0.480 e. The predicted molar refractivity (Wildman–Crippen MR) is 74.3 cm³/mol. The Morgan fingerprint density at radius 2 is 1.95 bits per heavy atom. The first kappa shape index (κ1) is 15.0. The highest BCUT2D eigenvalue weighted by atomic mass is 32.2. The topological polar surface area (TPSA) is 86.7 Å². The van der Waals surface area contributed by atoms with Gasteiger partial charge in [-0.3, -0.25) is 4.79 Å². The molecule has 1 aromatic carbocycles. The van der Waals surface area contributed by atoms with E-state index in [4.69, 9.17) is 0 Å². The molecule has 0 radical (unpaired) electrons. The van der Waals surface area contributed by atoms with Crippen LogP contribution in [-0.2, 0) is 28.0 Å². The van der Waals surface area contributed by atoms with Crippen LogP contribution in [0.3, 0.4) is 0 Å². The van der Waals surface area contributed by atoms with Crippen molar-refractivity contribution in [2.24, 2.45) is 0 Å². The molecule has 0 saturated carbocycles. The highest BCUT2D eigenvalue weighted by molar-refractivity contribution is 7.87. The van der Waals surface area contributed by atoms with Gasteiger partial charge in [-0.15, -0.1) is 0 Å². The van der Waals surface area contributed by atoms with Crippen LogP contribution in [-0.4, -0.2) is 35.9 Å². The molecule has 1 atom stereocenters. The first-order chi connectivity index (χ1) is 9.31. The Hall–Kier alpha value is -1.44. The predicted octanol–water partition coefficient (Wildman–Crippen LogP) is 0.741. The maximum Gasteiger partial charge on any atom is 0.322 e. The Kier molecular flexibility index (Phi) is 4.12. The van der Waals surface area contributed by atoms with E-state index in [1.807, 2.05) is 24.3 Å². The van der Waals surface area contributed by atoms with E-state index in [1.165, 1.54) is 0 Å². The number of carbonyl (C=O) groups is 1. The molecule has 1 aliphatic heterocycles. The minimum Gasteiger partial charge on any atom is -0.480 e. The van der Waals surface area contributed by atoms with Gasteiger partial charge in [0.1, 0.15) is 6.04 Å². The first-order valence-electron chi connectivity index (χ1n) is 6.40. The Balaban J connectivity index is 2.39. The summed E-state index contributed by atoms with van der Waals surface area (Å²) in [5.41, 5.74) is 1.73. The molecule has 1 aliphatic rings. The quantitative estimate of drug-likeness (QED) is 0.858. The van der Waals surface area contributed by atoms with Crippen molar-refractivity contribution in [3.05, 3.63) is 35.4 Å². The van der Waals surface area contributed by atoms with Gasteiger partial charge >= 0.3 is 5.97 Å². The number of hydrogen-bond donors (Lipinski definition) is 2. The van der Waals surface area contributed by atoms with Gasteiger partial charge in [0.2, 0.25) is 0 Å². The average Bonchev–Trinajstić information content (AvgIpc) is 2.35. The van der Waals surface area contributed by atoms with E-state index in [0.717, 1.165) is 15.4 Å². The van der Waals surface area contributed by atoms with Crippen molar-refractivity contribution in [3.63, 3.8) is 0 Å². The number of carboxylic acid groups (broad SMARTS) is 1. The number of carboxylic acids is 1. The molecule has 0 bridgehead atoms. The molecule has 2 rings (SSSR count). The van der Waals surface area contributed by atoms with Gasteiger partial charge in [-0.05, 0) is 25.0 Å². The minimum absolute atomic E-state index is 0.0786. The molecule has 0 amide bonds. The van der Waals surface area contributed by atoms with Crippen molar-refractivity contribution in [1.29, 1.82) is 0 Å². The second-order valence-electron chi connectivity index (χ2n) is 5.15. The van der Waals surface area contributed by atoms with Crippen LogP contribution in [0.5, 0.6) is 0 Å². The number of hydrogen-bond acceptors (Lipinski definition) is 3. The molecule has 7 heteroatoms. The summed E-state index contributed by atoms with van der Waals surface area (Å²) in [5.74, 6) is -1.13. The fourth-order valence-electron chi connectivity index (χ4n) is 2.33. The smallest absolute Gasteiger partial charge is 0.322 e. The van der Waals surface area contributed by atoms with Crippen LogP contribution in [0.15, 0.2) is 24.3 Å². The Morgan fingerprint density at radius 1 is 1.35 bits per heavy atom. The molecule has 0 aliphatic carbocycles. The molecule has 0 fully saturated rings. The molecular weight excluding hydrogens is 280 g/mol. The van der Waals surface area contributed by atoms with Gasteiger partial charge in [0.25, 0.3) is 10.2 Å². The summed E-state index contributed by atoms with van der Waals surface area (Å²) >= 11 is 0. The molecule has 20 heavy (non-hydrogen) atoms. The summed E-state index contributed by atoms with van der Waals surface area (Å²) in [7, 11) is -3.82. The van der Waals surface area contributed by atoms with Gasteiger partial charge in [0.15, 0.2) is 0 Å². The Labute approximate surface area is 118 Å². The lowest BCUT2D eigenvalue weighted by Gasteiger charge is -2.33. The monoisotopic (exact) mass is 298 g/mol. The lowest BCUT2D eigenvalue weighted by atomic mass is 9.96. The molecule has 6 nitrogen and oxygen atoms in total. The maximum atomic E-state index is 12.3. The first-order valence-corrected chi connectivity index (χ1v) is 7.84. The van der Waals surface area contributed by atoms with Crippen molar-refractivity contribution in [1.82, 2.24) is 9.03 Å². The molecule has 0 aromatic heterocycles. The summed E-state index contributed by atoms with van der Waals surface area (Å²) in [6.07, 6.45) is 0.185. The van der Waals surface area contributed by atoms with Crippen LogP contribution in [0.25, 0.3) is 0 Å². The average molecular weight is 298 g/mol. The zero-order valence-corrected chi connectivity index (χ0v) is 12.2. The molecule has 110 valence electrons. The number of nitrogens with one attached hydrogen (secondary N) is 1. The van der Waals surface area contributed by atoms with Crippen molar-refractivity contribution in [3.8, 4) is 0 Å². The van der Waals surface area contributed by atoms with Crippen molar-refractivity contribution in [2.75, 3.05) is 0 Å². The van der Waals surface area contributed by atoms with E-state index < -0.39 is 22.2 Å². The minimum atomic E-state index is -3.82. The normalized spacial score (nSPS) is 19.9. The number of benzene rings is 1. The lowest BCUT2D eigenvalue weighted by molar-refractivity contribution is -0.141. The summed E-state index contributed by atoms with van der Waals surface area (Å²) < 4.78 is 28.0. The van der Waals surface area contributed by atoms with Crippen LogP contribution >= 0.6 is 0 Å².